The van der Waals surface area contributed by atoms with E-state index in [2.05, 4.69) is 40.2 Å². The van der Waals surface area contributed by atoms with Gasteiger partial charge in [0, 0.05) is 44.8 Å². The summed E-state index contributed by atoms with van der Waals surface area (Å²) in [6, 6.07) is 14.4. The first kappa shape index (κ1) is 17.9. The predicted molar refractivity (Wildman–Crippen MR) is 106 cm³/mol. The van der Waals surface area contributed by atoms with Crippen molar-refractivity contribution in [2.24, 2.45) is 0 Å². The van der Waals surface area contributed by atoms with E-state index in [1.165, 1.54) is 5.56 Å². The summed E-state index contributed by atoms with van der Waals surface area (Å²) < 4.78 is 16.3. The summed E-state index contributed by atoms with van der Waals surface area (Å²) in [4.78, 5) is 4.99. The zero-order valence-electron chi connectivity index (χ0n) is 15.8. The number of benzene rings is 2. The largest absolute Gasteiger partial charge is 0.496 e. The Labute approximate surface area is 160 Å². The number of rotatable bonds is 6. The van der Waals surface area contributed by atoms with Gasteiger partial charge in [-0.25, -0.2) is 0 Å². The van der Waals surface area contributed by atoms with Crippen LogP contribution in [0.4, 0.5) is 0 Å². The fourth-order valence-corrected chi connectivity index (χ4v) is 3.56. The summed E-state index contributed by atoms with van der Waals surface area (Å²) in [5.41, 5.74) is 2.41. The fourth-order valence-electron chi connectivity index (χ4n) is 3.56. The van der Waals surface area contributed by atoms with E-state index in [1.54, 1.807) is 7.11 Å². The lowest BCUT2D eigenvalue weighted by atomic mass is 10.1. The summed E-state index contributed by atoms with van der Waals surface area (Å²) in [6.07, 6.45) is 4.38. The minimum Gasteiger partial charge on any atom is -0.496 e. The van der Waals surface area contributed by atoms with Crippen molar-refractivity contribution in [1.29, 1.82) is 0 Å². The molecule has 0 bridgehead atoms. The normalized spacial score (nSPS) is 17.5. The van der Waals surface area contributed by atoms with Crippen LogP contribution in [0.2, 0.25) is 0 Å². The Morgan fingerprint density at radius 2 is 1.74 bits per heavy atom. The van der Waals surface area contributed by atoms with Crippen molar-refractivity contribution >= 4 is 6.08 Å². The van der Waals surface area contributed by atoms with E-state index in [0.717, 1.165) is 62.1 Å². The Hall–Kier alpha value is -2.50. The molecule has 1 fully saturated rings. The molecule has 1 saturated heterocycles. The van der Waals surface area contributed by atoms with Crippen LogP contribution >= 0.6 is 0 Å². The molecular formula is C22H26N2O3. The molecule has 2 aromatic carbocycles. The summed E-state index contributed by atoms with van der Waals surface area (Å²) in [5, 5.41) is 0. The topological polar surface area (TPSA) is 34.2 Å². The van der Waals surface area contributed by atoms with Crippen molar-refractivity contribution in [3.8, 4) is 17.2 Å². The van der Waals surface area contributed by atoms with Gasteiger partial charge in [0.2, 0.25) is 6.79 Å². The second kappa shape index (κ2) is 8.46. The maximum Gasteiger partial charge on any atom is 0.231 e. The fraction of sp³-hybridized carbons (Fsp3) is 0.364. The molecule has 0 unspecified atom stereocenters. The molecule has 142 valence electrons. The van der Waals surface area contributed by atoms with E-state index in [0.29, 0.717) is 6.79 Å². The van der Waals surface area contributed by atoms with Gasteiger partial charge < -0.3 is 14.2 Å². The SMILES string of the molecule is COc1ccccc1/C=C/CN1CCN(Cc2ccc3c(c2)OCO3)CC1. The third-order valence-electron chi connectivity index (χ3n) is 5.11. The van der Waals surface area contributed by atoms with Gasteiger partial charge in [-0.05, 0) is 23.8 Å². The van der Waals surface area contributed by atoms with Crippen LogP contribution in [0.25, 0.3) is 6.08 Å². The minimum atomic E-state index is 0.333. The van der Waals surface area contributed by atoms with Crippen LogP contribution in [0, 0.1) is 0 Å². The average Bonchev–Trinajstić information content (AvgIpc) is 3.17. The van der Waals surface area contributed by atoms with E-state index in [-0.39, 0.29) is 0 Å². The van der Waals surface area contributed by atoms with Crippen LogP contribution in [0.15, 0.2) is 48.5 Å². The number of nitrogens with zero attached hydrogens (tertiary/aromatic N) is 2. The molecule has 2 aliphatic heterocycles. The molecule has 0 aliphatic carbocycles. The Morgan fingerprint density at radius 1 is 0.963 bits per heavy atom. The smallest absolute Gasteiger partial charge is 0.231 e. The summed E-state index contributed by atoms with van der Waals surface area (Å²) in [5.74, 6) is 2.64. The van der Waals surface area contributed by atoms with Crippen molar-refractivity contribution in [2.75, 3.05) is 46.6 Å². The first-order valence-corrected chi connectivity index (χ1v) is 9.44. The molecule has 0 saturated carbocycles. The van der Waals surface area contributed by atoms with Gasteiger partial charge in [0.15, 0.2) is 11.5 Å². The maximum absolute atomic E-state index is 5.48. The molecule has 2 heterocycles. The highest BCUT2D eigenvalue weighted by Crippen LogP contribution is 2.32. The van der Waals surface area contributed by atoms with Gasteiger partial charge in [-0.3, -0.25) is 9.80 Å². The highest BCUT2D eigenvalue weighted by Gasteiger charge is 2.18. The molecule has 27 heavy (non-hydrogen) atoms. The molecule has 4 rings (SSSR count). The number of hydrogen-bond donors (Lipinski definition) is 0. The molecule has 0 spiro atoms. The molecule has 0 aromatic heterocycles. The van der Waals surface area contributed by atoms with Crippen LogP contribution in [0.1, 0.15) is 11.1 Å². The standard InChI is InChI=1S/C22H26N2O3/c1-25-20-7-3-2-5-19(20)6-4-10-23-11-13-24(14-12-23)16-18-8-9-21-22(15-18)27-17-26-21/h2-9,15H,10-14,16-17H2,1H3/b6-4+. The highest BCUT2D eigenvalue weighted by atomic mass is 16.7. The summed E-state index contributed by atoms with van der Waals surface area (Å²) in [7, 11) is 1.71. The second-order valence-corrected chi connectivity index (χ2v) is 6.91. The predicted octanol–water partition coefficient (Wildman–Crippen LogP) is 3.25. The molecule has 0 amide bonds. The molecule has 0 N–H and O–H groups in total. The Bertz CT molecular complexity index is 798. The lowest BCUT2D eigenvalue weighted by Crippen LogP contribution is -2.45. The van der Waals surface area contributed by atoms with Gasteiger partial charge in [0.1, 0.15) is 5.75 Å². The van der Waals surface area contributed by atoms with E-state index >= 15 is 0 Å². The minimum absolute atomic E-state index is 0.333. The van der Waals surface area contributed by atoms with Crippen molar-refractivity contribution < 1.29 is 14.2 Å². The van der Waals surface area contributed by atoms with Crippen molar-refractivity contribution in [2.45, 2.75) is 6.54 Å². The first-order valence-electron chi connectivity index (χ1n) is 9.44. The quantitative estimate of drug-likeness (QED) is 0.784. The van der Waals surface area contributed by atoms with Crippen molar-refractivity contribution in [1.82, 2.24) is 9.80 Å². The van der Waals surface area contributed by atoms with Gasteiger partial charge in [-0.15, -0.1) is 0 Å². The molecule has 2 aromatic rings. The molecule has 5 nitrogen and oxygen atoms in total. The maximum atomic E-state index is 5.48. The Balaban J connectivity index is 1.25. The lowest BCUT2D eigenvalue weighted by molar-refractivity contribution is 0.137. The third kappa shape index (κ3) is 4.43. The Morgan fingerprint density at radius 3 is 2.59 bits per heavy atom. The van der Waals surface area contributed by atoms with Crippen LogP contribution in [0.5, 0.6) is 17.2 Å². The van der Waals surface area contributed by atoms with E-state index < -0.39 is 0 Å². The van der Waals surface area contributed by atoms with E-state index in [9.17, 15) is 0 Å². The molecule has 0 atom stereocenters. The van der Waals surface area contributed by atoms with Gasteiger partial charge >= 0.3 is 0 Å². The van der Waals surface area contributed by atoms with Gasteiger partial charge in [-0.1, -0.05) is 36.4 Å². The summed E-state index contributed by atoms with van der Waals surface area (Å²) >= 11 is 0. The number of hydrogen-bond acceptors (Lipinski definition) is 5. The van der Waals surface area contributed by atoms with Crippen LogP contribution in [-0.4, -0.2) is 56.4 Å². The lowest BCUT2D eigenvalue weighted by Gasteiger charge is -2.34. The van der Waals surface area contributed by atoms with Crippen LogP contribution in [-0.2, 0) is 6.54 Å². The monoisotopic (exact) mass is 366 g/mol. The average molecular weight is 366 g/mol. The molecule has 5 heteroatoms. The number of para-hydroxylation sites is 1. The molecule has 2 aliphatic rings. The zero-order chi connectivity index (χ0) is 18.5. The second-order valence-electron chi connectivity index (χ2n) is 6.91. The van der Waals surface area contributed by atoms with E-state index in [4.69, 9.17) is 14.2 Å². The van der Waals surface area contributed by atoms with Crippen LogP contribution in [0.3, 0.4) is 0 Å². The molecular weight excluding hydrogens is 340 g/mol. The van der Waals surface area contributed by atoms with Crippen molar-refractivity contribution in [3.05, 3.63) is 59.7 Å². The number of fused-ring (bicyclic) bond motifs is 1. The zero-order valence-corrected chi connectivity index (χ0v) is 15.8. The third-order valence-corrected chi connectivity index (χ3v) is 5.11. The Kier molecular flexibility index (Phi) is 5.61. The van der Waals surface area contributed by atoms with Gasteiger partial charge in [0.25, 0.3) is 0 Å². The van der Waals surface area contributed by atoms with Gasteiger partial charge in [0.05, 0.1) is 7.11 Å². The molecule has 0 radical (unpaired) electrons. The first-order chi connectivity index (χ1) is 13.3. The van der Waals surface area contributed by atoms with Crippen molar-refractivity contribution in [3.63, 3.8) is 0 Å². The number of piperazine rings is 1. The number of ether oxygens (including phenoxy) is 3. The van der Waals surface area contributed by atoms with Gasteiger partial charge in [-0.2, -0.15) is 0 Å². The number of methoxy groups -OCH3 is 1. The van der Waals surface area contributed by atoms with Crippen LogP contribution < -0.4 is 14.2 Å². The summed E-state index contributed by atoms with van der Waals surface area (Å²) in [6.45, 7) is 6.59. The highest BCUT2D eigenvalue weighted by molar-refractivity contribution is 5.57. The van der Waals surface area contributed by atoms with E-state index in [1.807, 2.05) is 24.3 Å².